The summed E-state index contributed by atoms with van der Waals surface area (Å²) < 4.78 is 10.4. The van der Waals surface area contributed by atoms with Crippen molar-refractivity contribution in [1.82, 2.24) is 5.43 Å². The van der Waals surface area contributed by atoms with Crippen molar-refractivity contribution in [3.63, 3.8) is 0 Å². The Labute approximate surface area is 158 Å². The summed E-state index contributed by atoms with van der Waals surface area (Å²) in [6.07, 6.45) is 0. The Kier molecular flexibility index (Phi) is 6.29. The number of ether oxygens (including phenoxy) is 2. The first-order valence-electron chi connectivity index (χ1n) is 6.50. The zero-order chi connectivity index (χ0) is 17.9. The lowest BCUT2D eigenvalue weighted by Gasteiger charge is -2.16. The normalized spacial score (nSPS) is 10.2. The second-order valence-corrected chi connectivity index (χ2v) is 6.14. The van der Waals surface area contributed by atoms with E-state index in [9.17, 15) is 4.79 Å². The van der Waals surface area contributed by atoms with Gasteiger partial charge in [0.25, 0.3) is 5.91 Å². The topological polar surface area (TPSA) is 59.6 Å². The predicted molar refractivity (Wildman–Crippen MR) is 97.1 cm³/mol. The smallest absolute Gasteiger partial charge is 0.277 e. The minimum atomic E-state index is -0.579. The molecular weight excluding hydrogens is 398 g/mol. The van der Waals surface area contributed by atoms with Crippen LogP contribution in [0.1, 0.15) is 10.4 Å². The number of carbonyl (C=O) groups is 1. The summed E-state index contributed by atoms with van der Waals surface area (Å²) in [7, 11) is 2.76. The van der Waals surface area contributed by atoms with E-state index in [-0.39, 0.29) is 27.1 Å². The maximum atomic E-state index is 12.6. The van der Waals surface area contributed by atoms with Gasteiger partial charge >= 0.3 is 0 Å². The quantitative estimate of drug-likeness (QED) is 0.676. The minimum Gasteiger partial charge on any atom is -0.494 e. The molecule has 0 saturated heterocycles. The highest BCUT2D eigenvalue weighted by Gasteiger charge is 2.24. The van der Waals surface area contributed by atoms with Gasteiger partial charge in [0.2, 0.25) is 0 Å². The van der Waals surface area contributed by atoms with Crippen molar-refractivity contribution >= 4 is 58.0 Å². The Morgan fingerprint density at radius 1 is 0.917 bits per heavy atom. The van der Waals surface area contributed by atoms with Gasteiger partial charge in [-0.25, -0.2) is 0 Å². The third kappa shape index (κ3) is 3.92. The molecule has 2 aromatic rings. The second kappa shape index (κ2) is 8.03. The highest BCUT2D eigenvalue weighted by Crippen LogP contribution is 2.41. The van der Waals surface area contributed by atoms with Crippen LogP contribution in [-0.2, 0) is 0 Å². The molecule has 9 heteroatoms. The van der Waals surface area contributed by atoms with Crippen molar-refractivity contribution in [2.24, 2.45) is 0 Å². The van der Waals surface area contributed by atoms with Crippen LogP contribution in [0.25, 0.3) is 0 Å². The molecule has 1 amide bonds. The summed E-state index contributed by atoms with van der Waals surface area (Å²) >= 11 is 24.1. The number of hydrogen-bond acceptors (Lipinski definition) is 4. The second-order valence-electron chi connectivity index (χ2n) is 4.49. The number of nitrogens with one attached hydrogen (secondary N) is 2. The SMILES string of the molecule is COc1c(Cl)cc(Cl)c(OC)c1C(=O)NNc1cc(Cl)ccc1Cl. The molecule has 0 saturated carbocycles. The van der Waals surface area contributed by atoms with Crippen LogP contribution in [-0.4, -0.2) is 20.1 Å². The number of carbonyl (C=O) groups excluding carboxylic acids is 1. The Morgan fingerprint density at radius 2 is 1.50 bits per heavy atom. The van der Waals surface area contributed by atoms with Crippen molar-refractivity contribution in [1.29, 1.82) is 0 Å². The zero-order valence-electron chi connectivity index (χ0n) is 12.5. The summed E-state index contributed by atoms with van der Waals surface area (Å²) in [4.78, 5) is 12.6. The maximum Gasteiger partial charge on any atom is 0.277 e. The molecule has 24 heavy (non-hydrogen) atoms. The lowest BCUT2D eigenvalue weighted by Crippen LogP contribution is -2.30. The summed E-state index contributed by atoms with van der Waals surface area (Å²) in [6.45, 7) is 0. The number of amides is 1. The summed E-state index contributed by atoms with van der Waals surface area (Å²) in [5, 5.41) is 1.18. The zero-order valence-corrected chi connectivity index (χ0v) is 15.6. The number of anilines is 1. The van der Waals surface area contributed by atoms with E-state index in [4.69, 9.17) is 55.9 Å². The lowest BCUT2D eigenvalue weighted by molar-refractivity contribution is 0.0956. The van der Waals surface area contributed by atoms with E-state index >= 15 is 0 Å². The van der Waals surface area contributed by atoms with E-state index in [1.165, 1.54) is 20.3 Å². The van der Waals surface area contributed by atoms with Crippen LogP contribution in [0.4, 0.5) is 5.69 Å². The molecule has 2 N–H and O–H groups in total. The molecule has 0 fully saturated rings. The van der Waals surface area contributed by atoms with Gasteiger partial charge in [0.1, 0.15) is 5.56 Å². The van der Waals surface area contributed by atoms with Gasteiger partial charge in [0.15, 0.2) is 11.5 Å². The van der Waals surface area contributed by atoms with E-state index in [1.54, 1.807) is 18.2 Å². The van der Waals surface area contributed by atoms with Gasteiger partial charge in [-0.3, -0.25) is 15.6 Å². The molecule has 0 aromatic heterocycles. The Hall–Kier alpha value is -1.53. The number of halogens is 4. The fourth-order valence-corrected chi connectivity index (χ4v) is 2.92. The molecule has 0 radical (unpaired) electrons. The minimum absolute atomic E-state index is 0.0446. The fraction of sp³-hybridized carbons (Fsp3) is 0.133. The van der Waals surface area contributed by atoms with Crippen LogP contribution in [0.5, 0.6) is 11.5 Å². The summed E-state index contributed by atoms with van der Waals surface area (Å²) in [5.41, 5.74) is 5.62. The van der Waals surface area contributed by atoms with Gasteiger partial charge in [-0.1, -0.05) is 46.4 Å². The first-order valence-corrected chi connectivity index (χ1v) is 8.01. The Morgan fingerprint density at radius 3 is 2.04 bits per heavy atom. The van der Waals surface area contributed by atoms with Gasteiger partial charge in [0.05, 0.1) is 35.0 Å². The Bertz CT molecular complexity index is 756. The van der Waals surface area contributed by atoms with Crippen LogP contribution < -0.4 is 20.3 Å². The van der Waals surface area contributed by atoms with Crippen LogP contribution >= 0.6 is 46.4 Å². The molecule has 128 valence electrons. The van der Waals surface area contributed by atoms with Gasteiger partial charge < -0.3 is 9.47 Å². The van der Waals surface area contributed by atoms with Gasteiger partial charge in [-0.2, -0.15) is 0 Å². The van der Waals surface area contributed by atoms with Crippen LogP contribution in [0.2, 0.25) is 20.1 Å². The number of methoxy groups -OCH3 is 2. The van der Waals surface area contributed by atoms with Crippen LogP contribution in [0.3, 0.4) is 0 Å². The highest BCUT2D eigenvalue weighted by molar-refractivity contribution is 6.37. The first kappa shape index (κ1) is 18.8. The first-order chi connectivity index (χ1) is 11.4. The van der Waals surface area contributed by atoms with Crippen molar-refractivity contribution in [3.05, 3.63) is 49.9 Å². The van der Waals surface area contributed by atoms with Crippen molar-refractivity contribution in [3.8, 4) is 11.5 Å². The molecule has 0 spiro atoms. The average molecular weight is 410 g/mol. The molecule has 0 aliphatic carbocycles. The molecule has 5 nitrogen and oxygen atoms in total. The van der Waals surface area contributed by atoms with E-state index in [0.717, 1.165) is 0 Å². The number of benzene rings is 2. The summed E-state index contributed by atoms with van der Waals surface area (Å²) in [6, 6.07) is 6.21. The van der Waals surface area contributed by atoms with Gasteiger partial charge in [-0.05, 0) is 24.3 Å². The molecule has 0 bridgehead atoms. The standard InChI is InChI=1S/C15H12Cl4N2O3/c1-23-13-9(18)6-10(19)14(24-2)12(13)15(22)21-20-11-5-7(16)3-4-8(11)17/h3-6,20H,1-2H3,(H,21,22). The molecule has 0 aliphatic rings. The summed E-state index contributed by atoms with van der Waals surface area (Å²) in [5.74, 6) is -0.312. The molecule has 0 unspecified atom stereocenters. The van der Waals surface area contributed by atoms with Crippen molar-refractivity contribution < 1.29 is 14.3 Å². The van der Waals surface area contributed by atoms with Gasteiger partial charge in [-0.15, -0.1) is 0 Å². The van der Waals surface area contributed by atoms with Crippen LogP contribution in [0.15, 0.2) is 24.3 Å². The lowest BCUT2D eigenvalue weighted by atomic mass is 10.1. The molecule has 0 atom stereocenters. The largest absolute Gasteiger partial charge is 0.494 e. The highest BCUT2D eigenvalue weighted by atomic mass is 35.5. The fourth-order valence-electron chi connectivity index (χ4n) is 1.97. The molecule has 2 aromatic carbocycles. The van der Waals surface area contributed by atoms with Crippen LogP contribution in [0, 0.1) is 0 Å². The van der Waals surface area contributed by atoms with Crippen molar-refractivity contribution in [2.45, 2.75) is 0 Å². The van der Waals surface area contributed by atoms with E-state index in [1.807, 2.05) is 0 Å². The molecule has 0 heterocycles. The van der Waals surface area contributed by atoms with Gasteiger partial charge in [0, 0.05) is 5.02 Å². The molecule has 0 aliphatic heterocycles. The number of hydrogen-bond donors (Lipinski definition) is 2. The van der Waals surface area contributed by atoms with E-state index in [0.29, 0.717) is 15.7 Å². The monoisotopic (exact) mass is 408 g/mol. The third-order valence-electron chi connectivity index (χ3n) is 3.02. The molecular formula is C15H12Cl4N2O3. The average Bonchev–Trinajstić information content (AvgIpc) is 2.54. The maximum absolute atomic E-state index is 12.6. The molecule has 2 rings (SSSR count). The predicted octanol–water partition coefficient (Wildman–Crippen LogP) is 5.07. The van der Waals surface area contributed by atoms with E-state index < -0.39 is 5.91 Å². The third-order valence-corrected chi connectivity index (χ3v) is 4.14. The Balaban J connectivity index is 2.34. The number of rotatable bonds is 5. The van der Waals surface area contributed by atoms with Crippen molar-refractivity contribution in [2.75, 3.05) is 19.6 Å². The number of hydrazine groups is 1. The van der Waals surface area contributed by atoms with E-state index in [2.05, 4.69) is 10.9 Å².